The molecule has 0 bridgehead atoms. The van der Waals surface area contributed by atoms with Crippen LogP contribution in [0.15, 0.2) is 42.5 Å². The van der Waals surface area contributed by atoms with Gasteiger partial charge in [0.1, 0.15) is 12.4 Å². The Morgan fingerprint density at radius 3 is 2.93 bits per heavy atom. The summed E-state index contributed by atoms with van der Waals surface area (Å²) in [5.41, 5.74) is 1.79. The van der Waals surface area contributed by atoms with Crippen LogP contribution in [0.1, 0.15) is 24.8 Å². The fourth-order valence-corrected chi connectivity index (χ4v) is 3.39. The average Bonchev–Trinajstić information content (AvgIpc) is 3.36. The number of hydrogen-bond donors (Lipinski definition) is 2. The minimum absolute atomic E-state index is 0. The largest absolute Gasteiger partial charge is 0.489 e. The highest BCUT2D eigenvalue weighted by Crippen LogP contribution is 2.35. The normalized spacial score (nSPS) is 17.1. The zero-order valence-electron chi connectivity index (χ0n) is 15.6. The first kappa shape index (κ1) is 20.3. The number of anilines is 1. The molecule has 0 saturated carbocycles. The quantitative estimate of drug-likeness (QED) is 0.735. The van der Waals surface area contributed by atoms with Crippen LogP contribution in [0.4, 0.5) is 5.69 Å². The molecule has 2 aromatic carbocycles. The molecule has 4 rings (SSSR count). The molecular formula is C21H25ClN2O4. The van der Waals surface area contributed by atoms with Crippen molar-refractivity contribution in [3.63, 3.8) is 0 Å². The smallest absolute Gasteiger partial charge is 0.231 e. The second kappa shape index (κ2) is 9.66. The van der Waals surface area contributed by atoms with E-state index in [9.17, 15) is 4.79 Å². The Labute approximate surface area is 171 Å². The Bertz CT molecular complexity index is 809. The van der Waals surface area contributed by atoms with Gasteiger partial charge in [-0.2, -0.15) is 0 Å². The number of ether oxygens (including phenoxy) is 3. The fraction of sp³-hybridized carbons (Fsp3) is 0.381. The molecule has 1 unspecified atom stereocenters. The lowest BCUT2D eigenvalue weighted by molar-refractivity contribution is -0.116. The number of halogens is 1. The van der Waals surface area contributed by atoms with Gasteiger partial charge in [0.05, 0.1) is 0 Å². The maximum atomic E-state index is 12.2. The van der Waals surface area contributed by atoms with E-state index < -0.39 is 0 Å². The molecule has 2 aliphatic heterocycles. The molecule has 6 nitrogen and oxygen atoms in total. The van der Waals surface area contributed by atoms with Crippen molar-refractivity contribution in [3.8, 4) is 17.2 Å². The van der Waals surface area contributed by atoms with Crippen molar-refractivity contribution < 1.29 is 19.0 Å². The van der Waals surface area contributed by atoms with Gasteiger partial charge < -0.3 is 24.8 Å². The van der Waals surface area contributed by atoms with Crippen molar-refractivity contribution in [3.05, 3.63) is 48.0 Å². The number of amides is 1. The summed E-state index contributed by atoms with van der Waals surface area (Å²) < 4.78 is 16.5. The minimum Gasteiger partial charge on any atom is -0.489 e. The molecule has 150 valence electrons. The van der Waals surface area contributed by atoms with Crippen LogP contribution in [0.5, 0.6) is 17.2 Å². The van der Waals surface area contributed by atoms with Crippen LogP contribution in [-0.4, -0.2) is 25.8 Å². The predicted molar refractivity (Wildman–Crippen MR) is 109 cm³/mol. The van der Waals surface area contributed by atoms with Crippen LogP contribution in [0.25, 0.3) is 0 Å². The molecule has 2 aliphatic rings. The molecule has 0 spiro atoms. The lowest BCUT2D eigenvalue weighted by Crippen LogP contribution is -2.15. The minimum atomic E-state index is 0. The summed E-state index contributed by atoms with van der Waals surface area (Å²) >= 11 is 0. The Kier molecular flexibility index (Phi) is 7.01. The van der Waals surface area contributed by atoms with Crippen LogP contribution in [0.2, 0.25) is 0 Å². The molecule has 1 fully saturated rings. The molecule has 0 radical (unpaired) electrons. The van der Waals surface area contributed by atoms with E-state index in [2.05, 4.69) is 10.6 Å². The summed E-state index contributed by atoms with van der Waals surface area (Å²) in [7, 11) is 0. The molecule has 1 amide bonds. The summed E-state index contributed by atoms with van der Waals surface area (Å²) in [6.45, 7) is 2.76. The van der Waals surface area contributed by atoms with Gasteiger partial charge in [-0.1, -0.05) is 12.1 Å². The third-order valence-electron chi connectivity index (χ3n) is 4.90. The Balaban J connectivity index is 0.00000225. The SMILES string of the molecule is Cl.O=C(CCC1CCNC1)Nc1cccc(COc2ccc3c(c2)OCO3)c1. The first-order valence-electron chi connectivity index (χ1n) is 9.38. The van der Waals surface area contributed by atoms with Gasteiger partial charge in [-0.15, -0.1) is 12.4 Å². The summed E-state index contributed by atoms with van der Waals surface area (Å²) in [5.74, 6) is 2.85. The number of carbonyl (C=O) groups excluding carboxylic acids is 1. The standard InChI is InChI=1S/C21H24N2O4.ClH/c24-21(7-4-15-8-9-22-12-15)23-17-3-1-2-16(10-17)13-25-18-5-6-19-20(11-18)27-14-26-19;/h1-3,5-6,10-11,15,22H,4,7-9,12-14H2,(H,23,24);1H. The number of nitrogens with one attached hydrogen (secondary N) is 2. The van der Waals surface area contributed by atoms with Gasteiger partial charge in [0.25, 0.3) is 0 Å². The topological polar surface area (TPSA) is 68.8 Å². The Morgan fingerprint density at radius 2 is 2.07 bits per heavy atom. The van der Waals surface area contributed by atoms with Gasteiger partial charge in [-0.05, 0) is 61.7 Å². The number of hydrogen-bond acceptors (Lipinski definition) is 5. The highest BCUT2D eigenvalue weighted by Gasteiger charge is 2.16. The first-order chi connectivity index (χ1) is 13.3. The van der Waals surface area contributed by atoms with Crippen molar-refractivity contribution in [2.24, 2.45) is 5.92 Å². The molecule has 1 saturated heterocycles. The van der Waals surface area contributed by atoms with E-state index in [4.69, 9.17) is 14.2 Å². The Morgan fingerprint density at radius 1 is 1.18 bits per heavy atom. The Hall–Kier alpha value is -2.44. The fourth-order valence-electron chi connectivity index (χ4n) is 3.39. The highest BCUT2D eigenvalue weighted by atomic mass is 35.5. The zero-order valence-corrected chi connectivity index (χ0v) is 16.4. The van der Waals surface area contributed by atoms with Crippen LogP contribution in [0, 0.1) is 5.92 Å². The molecule has 0 aliphatic carbocycles. The third-order valence-corrected chi connectivity index (χ3v) is 4.90. The molecule has 2 heterocycles. The third kappa shape index (κ3) is 5.30. The summed E-state index contributed by atoms with van der Waals surface area (Å²) in [4.78, 5) is 12.2. The second-order valence-electron chi connectivity index (χ2n) is 6.95. The molecule has 28 heavy (non-hydrogen) atoms. The van der Waals surface area contributed by atoms with Gasteiger partial charge in [0.15, 0.2) is 11.5 Å². The van der Waals surface area contributed by atoms with E-state index in [-0.39, 0.29) is 25.1 Å². The summed E-state index contributed by atoms with van der Waals surface area (Å²) in [6.07, 6.45) is 2.66. The number of carbonyl (C=O) groups is 1. The van der Waals surface area contributed by atoms with Gasteiger partial charge in [-0.3, -0.25) is 4.79 Å². The van der Waals surface area contributed by atoms with Crippen LogP contribution in [-0.2, 0) is 11.4 Å². The van der Waals surface area contributed by atoms with Crippen molar-refractivity contribution in [1.29, 1.82) is 0 Å². The lowest BCUT2D eigenvalue weighted by Gasteiger charge is -2.11. The van der Waals surface area contributed by atoms with Crippen LogP contribution >= 0.6 is 12.4 Å². The van der Waals surface area contributed by atoms with E-state index >= 15 is 0 Å². The first-order valence-corrected chi connectivity index (χ1v) is 9.38. The van der Waals surface area contributed by atoms with E-state index in [1.165, 1.54) is 6.42 Å². The second-order valence-corrected chi connectivity index (χ2v) is 6.95. The average molecular weight is 405 g/mol. The van der Waals surface area contributed by atoms with Crippen LogP contribution in [0.3, 0.4) is 0 Å². The number of rotatable bonds is 7. The molecular weight excluding hydrogens is 380 g/mol. The lowest BCUT2D eigenvalue weighted by atomic mass is 10.0. The summed E-state index contributed by atoms with van der Waals surface area (Å²) in [5, 5.41) is 6.32. The molecule has 7 heteroatoms. The summed E-state index contributed by atoms with van der Waals surface area (Å²) in [6, 6.07) is 13.3. The number of benzene rings is 2. The maximum Gasteiger partial charge on any atom is 0.231 e. The van der Waals surface area contributed by atoms with Gasteiger partial charge in [0.2, 0.25) is 12.7 Å². The molecule has 1 atom stereocenters. The van der Waals surface area contributed by atoms with Crippen molar-refractivity contribution in [2.45, 2.75) is 25.9 Å². The van der Waals surface area contributed by atoms with Crippen molar-refractivity contribution in [2.75, 3.05) is 25.2 Å². The maximum absolute atomic E-state index is 12.2. The van der Waals surface area contributed by atoms with Gasteiger partial charge in [0, 0.05) is 18.2 Å². The molecule has 0 aromatic heterocycles. The molecule has 2 aromatic rings. The van der Waals surface area contributed by atoms with Gasteiger partial charge >= 0.3 is 0 Å². The van der Waals surface area contributed by atoms with Gasteiger partial charge in [-0.25, -0.2) is 0 Å². The van der Waals surface area contributed by atoms with E-state index in [1.54, 1.807) is 0 Å². The number of fused-ring (bicyclic) bond motifs is 1. The molecule has 2 N–H and O–H groups in total. The van der Waals surface area contributed by atoms with Crippen molar-refractivity contribution in [1.82, 2.24) is 5.32 Å². The van der Waals surface area contributed by atoms with E-state index in [1.807, 2.05) is 42.5 Å². The van der Waals surface area contributed by atoms with Crippen molar-refractivity contribution >= 4 is 24.0 Å². The van der Waals surface area contributed by atoms with E-state index in [0.29, 0.717) is 24.7 Å². The highest BCUT2D eigenvalue weighted by molar-refractivity contribution is 5.90. The monoisotopic (exact) mass is 404 g/mol. The van der Waals surface area contributed by atoms with Crippen LogP contribution < -0.4 is 24.8 Å². The predicted octanol–water partition coefficient (Wildman–Crippen LogP) is 3.74. The van der Waals surface area contributed by atoms with E-state index in [0.717, 1.165) is 42.3 Å². The zero-order chi connectivity index (χ0) is 18.5.